The largest absolute Gasteiger partial charge is 0.495 e. The quantitative estimate of drug-likeness (QED) is 0.383. The van der Waals surface area contributed by atoms with E-state index in [0.29, 0.717) is 21.7 Å². The number of nitrogens with one attached hydrogen (secondary N) is 1. The molecule has 3 aromatic rings. The van der Waals surface area contributed by atoms with Crippen molar-refractivity contribution < 1.29 is 17.9 Å². The van der Waals surface area contributed by atoms with Gasteiger partial charge in [-0.05, 0) is 43.2 Å². The molecule has 1 N–H and O–H groups in total. The number of hydrogen-bond donors (Lipinski definition) is 1. The molecule has 174 valence electrons. The average molecular weight is 489 g/mol. The first kappa shape index (κ1) is 23.3. The van der Waals surface area contributed by atoms with E-state index in [1.165, 1.54) is 45.1 Å². The third-order valence-electron chi connectivity index (χ3n) is 5.23. The van der Waals surface area contributed by atoms with Gasteiger partial charge in [0, 0.05) is 25.8 Å². The van der Waals surface area contributed by atoms with Crippen LogP contribution in [0.2, 0.25) is 0 Å². The summed E-state index contributed by atoms with van der Waals surface area (Å²) in [4.78, 5) is 30.2. The number of aromatic nitrogens is 2. The minimum absolute atomic E-state index is 0.0132. The van der Waals surface area contributed by atoms with Crippen molar-refractivity contribution in [2.24, 2.45) is 0 Å². The topological polar surface area (TPSA) is 111 Å². The van der Waals surface area contributed by atoms with Crippen molar-refractivity contribution in [3.8, 4) is 5.75 Å². The molecule has 1 heterocycles. The zero-order chi connectivity index (χ0) is 23.8. The van der Waals surface area contributed by atoms with E-state index in [2.05, 4.69) is 10.3 Å². The molecule has 0 atom stereocenters. The molecule has 1 amide bonds. The van der Waals surface area contributed by atoms with Gasteiger partial charge in [-0.25, -0.2) is 17.7 Å². The van der Waals surface area contributed by atoms with E-state index in [1.807, 2.05) is 12.1 Å². The maximum Gasteiger partial charge on any atom is 0.262 e. The van der Waals surface area contributed by atoms with Crippen LogP contribution in [0.1, 0.15) is 18.9 Å². The van der Waals surface area contributed by atoms with Gasteiger partial charge in [0.1, 0.15) is 10.6 Å². The van der Waals surface area contributed by atoms with Crippen molar-refractivity contribution in [1.29, 1.82) is 0 Å². The standard InChI is InChI=1S/C22H24N4O5S2/c1-25(2)33(29,30)19-12-14(8-11-18(19)31-3)23-20(27)13-32-22-24-17-7-5-4-6-16(17)21(28)26(22)15-9-10-15/h4-8,11-12,15H,9-10,13H2,1-3H3,(H,23,27). The van der Waals surface area contributed by atoms with Crippen LogP contribution in [0.5, 0.6) is 5.75 Å². The SMILES string of the molecule is COc1ccc(NC(=O)CSc2nc3ccccc3c(=O)n2C2CC2)cc1S(=O)(=O)N(C)C. The van der Waals surface area contributed by atoms with Gasteiger partial charge in [0.15, 0.2) is 5.16 Å². The number of ether oxygens (including phenoxy) is 1. The number of carbonyl (C=O) groups excluding carboxylic acids is 1. The summed E-state index contributed by atoms with van der Waals surface area (Å²) in [5, 5.41) is 3.78. The number of benzene rings is 2. The van der Waals surface area contributed by atoms with Crippen molar-refractivity contribution in [2.45, 2.75) is 28.9 Å². The van der Waals surface area contributed by atoms with Crippen LogP contribution in [0, 0.1) is 0 Å². The predicted octanol–water partition coefficient (Wildman–Crippen LogP) is 2.72. The lowest BCUT2D eigenvalue weighted by Crippen LogP contribution is -2.24. The molecule has 2 aromatic carbocycles. The molecule has 0 bridgehead atoms. The van der Waals surface area contributed by atoms with Crippen molar-refractivity contribution in [2.75, 3.05) is 32.3 Å². The molecule has 1 aliphatic rings. The Labute approximate surface area is 195 Å². The first-order valence-corrected chi connectivity index (χ1v) is 12.7. The molecular formula is C22H24N4O5S2. The highest BCUT2D eigenvalue weighted by atomic mass is 32.2. The number of thioether (sulfide) groups is 1. The molecule has 0 aliphatic heterocycles. The van der Waals surface area contributed by atoms with Crippen LogP contribution in [0.3, 0.4) is 0 Å². The molecule has 1 aliphatic carbocycles. The first-order chi connectivity index (χ1) is 15.7. The first-order valence-electron chi connectivity index (χ1n) is 10.3. The van der Waals surface area contributed by atoms with Crippen molar-refractivity contribution >= 4 is 44.3 Å². The van der Waals surface area contributed by atoms with Crippen LogP contribution in [0.25, 0.3) is 10.9 Å². The van der Waals surface area contributed by atoms with Crippen LogP contribution in [0.15, 0.2) is 57.3 Å². The van der Waals surface area contributed by atoms with Gasteiger partial charge in [0.05, 0.1) is 23.8 Å². The van der Waals surface area contributed by atoms with Gasteiger partial charge in [0.25, 0.3) is 5.56 Å². The number of nitrogens with zero attached hydrogens (tertiary/aromatic N) is 3. The fraction of sp³-hybridized carbons (Fsp3) is 0.318. The Hall–Kier alpha value is -2.89. The maximum atomic E-state index is 12.9. The number of sulfonamides is 1. The summed E-state index contributed by atoms with van der Waals surface area (Å²) in [6, 6.07) is 11.7. The number of anilines is 1. The maximum absolute atomic E-state index is 12.9. The smallest absolute Gasteiger partial charge is 0.262 e. The van der Waals surface area contributed by atoms with E-state index in [1.54, 1.807) is 22.8 Å². The molecule has 11 heteroatoms. The van der Waals surface area contributed by atoms with Gasteiger partial charge in [-0.3, -0.25) is 14.2 Å². The highest BCUT2D eigenvalue weighted by molar-refractivity contribution is 7.99. The minimum atomic E-state index is -3.76. The summed E-state index contributed by atoms with van der Waals surface area (Å²) >= 11 is 1.18. The third-order valence-corrected chi connectivity index (χ3v) is 8.01. The minimum Gasteiger partial charge on any atom is -0.495 e. The average Bonchev–Trinajstić information content (AvgIpc) is 3.62. The van der Waals surface area contributed by atoms with E-state index < -0.39 is 10.0 Å². The normalized spacial score (nSPS) is 13.9. The van der Waals surface area contributed by atoms with E-state index in [-0.39, 0.29) is 33.9 Å². The molecular weight excluding hydrogens is 464 g/mol. The van der Waals surface area contributed by atoms with Gasteiger partial charge in [-0.1, -0.05) is 23.9 Å². The van der Waals surface area contributed by atoms with Gasteiger partial charge in [-0.15, -0.1) is 0 Å². The number of methoxy groups -OCH3 is 1. The molecule has 0 unspecified atom stereocenters. The summed E-state index contributed by atoms with van der Waals surface area (Å²) < 4.78 is 33.1. The zero-order valence-corrected chi connectivity index (χ0v) is 20.1. The Morgan fingerprint density at radius 1 is 1.24 bits per heavy atom. The fourth-order valence-corrected chi connectivity index (χ4v) is 5.30. The molecule has 0 radical (unpaired) electrons. The van der Waals surface area contributed by atoms with Crippen LogP contribution in [-0.2, 0) is 14.8 Å². The van der Waals surface area contributed by atoms with Gasteiger partial charge in [-0.2, -0.15) is 0 Å². The van der Waals surface area contributed by atoms with Gasteiger partial charge in [0.2, 0.25) is 15.9 Å². The summed E-state index contributed by atoms with van der Waals surface area (Å²) in [6.45, 7) is 0. The van der Waals surface area contributed by atoms with Gasteiger partial charge >= 0.3 is 0 Å². The van der Waals surface area contributed by atoms with Crippen molar-refractivity contribution in [1.82, 2.24) is 13.9 Å². The van der Waals surface area contributed by atoms with Crippen molar-refractivity contribution in [3.63, 3.8) is 0 Å². The lowest BCUT2D eigenvalue weighted by atomic mass is 10.2. The van der Waals surface area contributed by atoms with E-state index >= 15 is 0 Å². The molecule has 1 saturated carbocycles. The zero-order valence-electron chi connectivity index (χ0n) is 18.4. The predicted molar refractivity (Wildman–Crippen MR) is 127 cm³/mol. The van der Waals surface area contributed by atoms with Crippen LogP contribution >= 0.6 is 11.8 Å². The van der Waals surface area contributed by atoms with E-state index in [0.717, 1.165) is 17.1 Å². The van der Waals surface area contributed by atoms with Gasteiger partial charge < -0.3 is 10.1 Å². The number of amides is 1. The summed E-state index contributed by atoms with van der Waals surface area (Å²) in [5.41, 5.74) is 0.823. The van der Waals surface area contributed by atoms with Crippen LogP contribution < -0.4 is 15.6 Å². The Morgan fingerprint density at radius 3 is 2.64 bits per heavy atom. The molecule has 9 nitrogen and oxygen atoms in total. The molecule has 0 spiro atoms. The number of fused-ring (bicyclic) bond motifs is 1. The molecule has 1 fully saturated rings. The van der Waals surface area contributed by atoms with E-state index in [4.69, 9.17) is 4.74 Å². The Kier molecular flexibility index (Phi) is 6.46. The number of rotatable bonds is 8. The monoisotopic (exact) mass is 488 g/mol. The summed E-state index contributed by atoms with van der Waals surface area (Å²) in [6.07, 6.45) is 1.82. The third kappa shape index (κ3) is 4.75. The Bertz CT molecular complexity index is 1380. The van der Waals surface area contributed by atoms with Crippen LogP contribution in [-0.4, -0.2) is 55.1 Å². The highest BCUT2D eigenvalue weighted by Crippen LogP contribution is 2.37. The lowest BCUT2D eigenvalue weighted by molar-refractivity contribution is -0.113. The molecule has 0 saturated heterocycles. The Balaban J connectivity index is 1.55. The van der Waals surface area contributed by atoms with Crippen LogP contribution in [0.4, 0.5) is 5.69 Å². The second-order valence-corrected chi connectivity index (χ2v) is 10.9. The number of hydrogen-bond acceptors (Lipinski definition) is 7. The number of para-hydroxylation sites is 1. The second kappa shape index (κ2) is 9.16. The Morgan fingerprint density at radius 2 is 1.97 bits per heavy atom. The summed E-state index contributed by atoms with van der Waals surface area (Å²) in [5.74, 6) is -0.146. The summed E-state index contributed by atoms with van der Waals surface area (Å²) in [7, 11) is 0.467. The second-order valence-electron chi connectivity index (χ2n) is 7.81. The molecule has 4 rings (SSSR count). The number of carbonyl (C=O) groups is 1. The van der Waals surface area contributed by atoms with E-state index in [9.17, 15) is 18.0 Å². The molecule has 33 heavy (non-hydrogen) atoms. The van der Waals surface area contributed by atoms with Crippen molar-refractivity contribution in [3.05, 3.63) is 52.8 Å². The fourth-order valence-electron chi connectivity index (χ4n) is 3.36. The lowest BCUT2D eigenvalue weighted by Gasteiger charge is -2.16. The molecule has 1 aromatic heterocycles. The highest BCUT2D eigenvalue weighted by Gasteiger charge is 2.29.